The molecule has 0 aliphatic heterocycles. The van der Waals surface area contributed by atoms with Crippen molar-refractivity contribution < 1.29 is 27.5 Å². The summed E-state index contributed by atoms with van der Waals surface area (Å²) in [6, 6.07) is 8.03. The highest BCUT2D eigenvalue weighted by atomic mass is 19.4. The predicted octanol–water partition coefficient (Wildman–Crippen LogP) is 5.17. The second kappa shape index (κ2) is 6.47. The lowest BCUT2D eigenvalue weighted by Crippen LogP contribution is -2.13. The van der Waals surface area contributed by atoms with Crippen molar-refractivity contribution in [2.24, 2.45) is 0 Å². The minimum absolute atomic E-state index is 0.0180. The summed E-state index contributed by atoms with van der Waals surface area (Å²) in [5, 5.41) is 9.08. The first kappa shape index (κ1) is 17.7. The predicted molar refractivity (Wildman–Crippen MR) is 82.9 cm³/mol. The lowest BCUT2D eigenvalue weighted by atomic mass is 9.89. The van der Waals surface area contributed by atoms with E-state index in [4.69, 9.17) is 5.11 Å². The number of rotatable bonds is 4. The Bertz CT molecular complexity index is 793. The maximum Gasteiger partial charge on any atom is 0.417 e. The van der Waals surface area contributed by atoms with Gasteiger partial charge in [-0.2, -0.15) is 13.2 Å². The van der Waals surface area contributed by atoms with Gasteiger partial charge < -0.3 is 5.11 Å². The molecule has 0 unspecified atom stereocenters. The zero-order valence-corrected chi connectivity index (χ0v) is 12.7. The number of aliphatic carboxylic acids is 1. The molecule has 0 saturated carbocycles. The van der Waals surface area contributed by atoms with Crippen molar-refractivity contribution in [1.29, 1.82) is 0 Å². The molecule has 0 spiro atoms. The van der Waals surface area contributed by atoms with E-state index in [0.29, 0.717) is 0 Å². The second-order valence-electron chi connectivity index (χ2n) is 5.15. The summed E-state index contributed by atoms with van der Waals surface area (Å²) in [5.74, 6) is -2.71. The molecule has 6 heteroatoms. The Labute approximate surface area is 136 Å². The van der Waals surface area contributed by atoms with Crippen LogP contribution in [0.1, 0.15) is 23.6 Å². The molecule has 2 aromatic rings. The van der Waals surface area contributed by atoms with Gasteiger partial charge in [-0.15, -0.1) is 0 Å². The van der Waals surface area contributed by atoms with Crippen molar-refractivity contribution in [3.8, 4) is 11.1 Å². The van der Waals surface area contributed by atoms with Crippen LogP contribution in [0.15, 0.2) is 43.0 Å². The maximum absolute atomic E-state index is 15.0. The summed E-state index contributed by atoms with van der Waals surface area (Å²) in [6.07, 6.45) is -4.74. The van der Waals surface area contributed by atoms with Crippen LogP contribution in [0.4, 0.5) is 17.6 Å². The SMILES string of the molecule is C=C(C(=O)O)c1c(CC)cc(C(F)(F)F)c(-c2ccccc2)c1F. The molecular formula is C18H14F4O2. The van der Waals surface area contributed by atoms with E-state index in [1.165, 1.54) is 31.2 Å². The lowest BCUT2D eigenvalue weighted by Gasteiger charge is -2.19. The molecule has 2 aromatic carbocycles. The normalized spacial score (nSPS) is 11.4. The van der Waals surface area contributed by atoms with Gasteiger partial charge in [-0.1, -0.05) is 43.8 Å². The van der Waals surface area contributed by atoms with Gasteiger partial charge in [0.1, 0.15) is 5.82 Å². The largest absolute Gasteiger partial charge is 0.478 e. The highest BCUT2D eigenvalue weighted by Gasteiger charge is 2.37. The Morgan fingerprint density at radius 1 is 1.21 bits per heavy atom. The van der Waals surface area contributed by atoms with E-state index >= 15 is 0 Å². The summed E-state index contributed by atoms with van der Waals surface area (Å²) in [4.78, 5) is 11.2. The van der Waals surface area contributed by atoms with E-state index < -0.39 is 40.2 Å². The molecule has 0 radical (unpaired) electrons. The molecule has 0 aliphatic rings. The molecular weight excluding hydrogens is 324 g/mol. The van der Waals surface area contributed by atoms with Crippen molar-refractivity contribution >= 4 is 11.5 Å². The van der Waals surface area contributed by atoms with Gasteiger partial charge in [-0.25, -0.2) is 9.18 Å². The van der Waals surface area contributed by atoms with Crippen LogP contribution < -0.4 is 0 Å². The first-order valence-electron chi connectivity index (χ1n) is 7.09. The third-order valence-corrected chi connectivity index (χ3v) is 3.66. The second-order valence-corrected chi connectivity index (χ2v) is 5.15. The molecule has 0 atom stereocenters. The molecule has 1 N–H and O–H groups in total. The number of alkyl halides is 3. The molecule has 0 aliphatic carbocycles. The van der Waals surface area contributed by atoms with E-state index in [0.717, 1.165) is 6.07 Å². The van der Waals surface area contributed by atoms with Gasteiger partial charge >= 0.3 is 12.1 Å². The Morgan fingerprint density at radius 2 is 1.79 bits per heavy atom. The average molecular weight is 338 g/mol. The minimum Gasteiger partial charge on any atom is -0.478 e. The molecule has 0 saturated heterocycles. The van der Waals surface area contributed by atoms with Gasteiger partial charge in [-0.05, 0) is 23.6 Å². The standard InChI is InChI=1S/C18H14F4O2/c1-3-11-9-13(18(20,21)22)15(12-7-5-4-6-8-12)16(19)14(11)10(2)17(23)24/h4-9H,2-3H2,1H3,(H,23,24). The molecule has 0 bridgehead atoms. The molecule has 0 fully saturated rings. The fourth-order valence-corrected chi connectivity index (χ4v) is 2.53. The van der Waals surface area contributed by atoms with Crippen molar-refractivity contribution in [2.75, 3.05) is 0 Å². The fraction of sp³-hybridized carbons (Fsp3) is 0.167. The van der Waals surface area contributed by atoms with Crippen LogP contribution >= 0.6 is 0 Å². The van der Waals surface area contributed by atoms with Crippen LogP contribution in [0, 0.1) is 5.82 Å². The summed E-state index contributed by atoms with van der Waals surface area (Å²) >= 11 is 0. The van der Waals surface area contributed by atoms with Crippen molar-refractivity contribution in [2.45, 2.75) is 19.5 Å². The highest BCUT2D eigenvalue weighted by molar-refractivity contribution is 6.15. The Balaban J connectivity index is 2.92. The number of hydrogen-bond acceptors (Lipinski definition) is 1. The number of benzene rings is 2. The smallest absolute Gasteiger partial charge is 0.417 e. The van der Waals surface area contributed by atoms with E-state index in [1.807, 2.05) is 0 Å². The van der Waals surface area contributed by atoms with Crippen molar-refractivity contribution in [3.05, 3.63) is 65.5 Å². The fourth-order valence-electron chi connectivity index (χ4n) is 2.53. The van der Waals surface area contributed by atoms with Gasteiger partial charge in [0, 0.05) is 11.1 Å². The highest BCUT2D eigenvalue weighted by Crippen LogP contribution is 2.42. The number of carboxylic acids is 1. The monoisotopic (exact) mass is 338 g/mol. The number of carboxylic acid groups (broad SMARTS) is 1. The molecule has 2 rings (SSSR count). The quantitative estimate of drug-likeness (QED) is 0.617. The number of aryl methyl sites for hydroxylation is 1. The van der Waals surface area contributed by atoms with E-state index in [1.54, 1.807) is 6.07 Å². The zero-order chi connectivity index (χ0) is 18.1. The molecule has 126 valence electrons. The van der Waals surface area contributed by atoms with Crippen LogP contribution in [0.2, 0.25) is 0 Å². The van der Waals surface area contributed by atoms with Crippen LogP contribution in [0.5, 0.6) is 0 Å². The van der Waals surface area contributed by atoms with Gasteiger partial charge in [0.25, 0.3) is 0 Å². The zero-order valence-electron chi connectivity index (χ0n) is 12.7. The minimum atomic E-state index is -4.78. The topological polar surface area (TPSA) is 37.3 Å². The average Bonchev–Trinajstić information content (AvgIpc) is 2.53. The Hall–Kier alpha value is -2.63. The van der Waals surface area contributed by atoms with Crippen LogP contribution in [-0.2, 0) is 17.4 Å². The number of hydrogen-bond donors (Lipinski definition) is 1. The number of halogens is 4. The first-order valence-corrected chi connectivity index (χ1v) is 7.09. The van der Waals surface area contributed by atoms with E-state index in [9.17, 15) is 22.4 Å². The molecule has 0 heterocycles. The van der Waals surface area contributed by atoms with Gasteiger partial charge in [0.05, 0.1) is 11.1 Å². The van der Waals surface area contributed by atoms with Gasteiger partial charge in [-0.3, -0.25) is 0 Å². The lowest BCUT2D eigenvalue weighted by molar-refractivity contribution is -0.137. The Morgan fingerprint density at radius 3 is 2.25 bits per heavy atom. The van der Waals surface area contributed by atoms with E-state index in [2.05, 4.69) is 6.58 Å². The first-order chi connectivity index (χ1) is 11.2. The van der Waals surface area contributed by atoms with Crippen molar-refractivity contribution in [1.82, 2.24) is 0 Å². The molecule has 24 heavy (non-hydrogen) atoms. The van der Waals surface area contributed by atoms with Crippen LogP contribution in [-0.4, -0.2) is 11.1 Å². The van der Waals surface area contributed by atoms with Crippen LogP contribution in [0.3, 0.4) is 0 Å². The maximum atomic E-state index is 15.0. The third-order valence-electron chi connectivity index (χ3n) is 3.66. The summed E-state index contributed by atoms with van der Waals surface area (Å²) in [5.41, 5.74) is -2.80. The van der Waals surface area contributed by atoms with E-state index in [-0.39, 0.29) is 17.5 Å². The van der Waals surface area contributed by atoms with Gasteiger partial charge in [0.15, 0.2) is 0 Å². The summed E-state index contributed by atoms with van der Waals surface area (Å²) in [7, 11) is 0. The van der Waals surface area contributed by atoms with Gasteiger partial charge in [0.2, 0.25) is 0 Å². The summed E-state index contributed by atoms with van der Waals surface area (Å²) < 4.78 is 55.2. The Kier molecular flexibility index (Phi) is 4.78. The summed E-state index contributed by atoms with van der Waals surface area (Å²) in [6.45, 7) is 4.82. The van der Waals surface area contributed by atoms with Crippen molar-refractivity contribution in [3.63, 3.8) is 0 Å². The molecule has 2 nitrogen and oxygen atoms in total. The number of carbonyl (C=O) groups is 1. The molecule has 0 amide bonds. The van der Waals surface area contributed by atoms with Crippen LogP contribution in [0.25, 0.3) is 16.7 Å². The third kappa shape index (κ3) is 3.18. The molecule has 0 aromatic heterocycles.